The highest BCUT2D eigenvalue weighted by molar-refractivity contribution is 7.50. The summed E-state index contributed by atoms with van der Waals surface area (Å²) in [6.45, 7) is 3.34. The van der Waals surface area contributed by atoms with E-state index in [9.17, 15) is 19.4 Å². The average molecular weight is 545 g/mol. The predicted octanol–water partition coefficient (Wildman–Crippen LogP) is 1.68. The zero-order valence-electron chi connectivity index (χ0n) is 21.4. The normalized spacial score (nSPS) is 24.2. The molecule has 0 bridgehead atoms. The Labute approximate surface area is 215 Å². The van der Waals surface area contributed by atoms with Crippen molar-refractivity contribution in [3.63, 3.8) is 0 Å². The second-order valence-corrected chi connectivity index (χ2v) is 10.5. The molecule has 1 aliphatic heterocycles. The summed E-state index contributed by atoms with van der Waals surface area (Å²) in [5.41, 5.74) is 6.56. The second-order valence-electron chi connectivity index (χ2n) is 8.94. The van der Waals surface area contributed by atoms with Gasteiger partial charge in [-0.3, -0.25) is 13.9 Å². The van der Waals surface area contributed by atoms with Gasteiger partial charge in [-0.25, -0.2) is 24.6 Å². The minimum absolute atomic E-state index is 0.183. The number of methoxy groups -OCH3 is 1. The number of imidazole rings is 1. The molecule has 1 saturated heterocycles. The van der Waals surface area contributed by atoms with Crippen molar-refractivity contribution in [1.82, 2.24) is 24.6 Å². The predicted molar refractivity (Wildman–Crippen MR) is 133 cm³/mol. The van der Waals surface area contributed by atoms with Crippen molar-refractivity contribution >= 4 is 30.7 Å². The number of hydrogen-bond acceptors (Lipinski definition) is 11. The number of anilines is 1. The number of nitrogens with one attached hydrogen (secondary N) is 1. The largest absolute Gasteiger partial charge is 0.465 e. The molecule has 1 aliphatic rings. The van der Waals surface area contributed by atoms with E-state index < -0.39 is 50.9 Å². The summed E-state index contributed by atoms with van der Waals surface area (Å²) in [6.07, 6.45) is 5.03. The van der Waals surface area contributed by atoms with Crippen LogP contribution >= 0.6 is 7.75 Å². The van der Waals surface area contributed by atoms with E-state index in [0.717, 1.165) is 32.1 Å². The third-order valence-electron chi connectivity index (χ3n) is 6.11. The van der Waals surface area contributed by atoms with E-state index in [1.165, 1.54) is 37.7 Å². The molecule has 1 fully saturated rings. The van der Waals surface area contributed by atoms with Gasteiger partial charge in [0, 0.05) is 7.11 Å². The van der Waals surface area contributed by atoms with E-state index >= 15 is 0 Å². The molecule has 0 amide bonds. The number of nitrogens with zero attached hydrogens (tertiary/aromatic N) is 4. The standard InChI is InChI=1S/C22H37N6O8P/c1-4-5-6-7-8-9-10-34-22(30)14(2)27-37(31,32)35-11-15-17(29)18(33-3)21(36-15)28-13-26-16-19(23)24-12-25-20(16)28/h12-15,17-18,21,29H,4-11H2,1-3H3,(H2,23,24,25)(H2,27,31,32)/t14?,15-,17?,18?,21-/m1/s1. The van der Waals surface area contributed by atoms with Gasteiger partial charge in [0.05, 0.1) is 19.5 Å². The lowest BCUT2D eigenvalue weighted by molar-refractivity contribution is -0.145. The van der Waals surface area contributed by atoms with E-state index in [1.807, 2.05) is 0 Å². The first-order chi connectivity index (χ1) is 17.7. The third-order valence-corrected chi connectivity index (χ3v) is 7.33. The number of nitrogen functional groups attached to an aromatic ring is 1. The van der Waals surface area contributed by atoms with Crippen LogP contribution in [0, 0.1) is 0 Å². The summed E-state index contributed by atoms with van der Waals surface area (Å²) >= 11 is 0. The lowest BCUT2D eigenvalue weighted by Crippen LogP contribution is -2.37. The van der Waals surface area contributed by atoms with Crippen molar-refractivity contribution < 1.29 is 38.1 Å². The SMILES string of the molecule is CCCCCCCCOC(=O)C(C)NP(=O)(O)OC[C@H]1O[C@@H](n2cnc3c(N)ncnc32)C(OC)C1O. The maximum atomic E-state index is 12.5. The Balaban J connectivity index is 1.50. The molecule has 0 saturated carbocycles. The van der Waals surface area contributed by atoms with Crippen molar-refractivity contribution in [1.29, 1.82) is 0 Å². The molecule has 0 aliphatic carbocycles. The maximum absolute atomic E-state index is 12.5. The van der Waals surface area contributed by atoms with Crippen molar-refractivity contribution in [2.45, 2.75) is 83.0 Å². The van der Waals surface area contributed by atoms with Crippen molar-refractivity contribution in [3.05, 3.63) is 12.7 Å². The van der Waals surface area contributed by atoms with E-state index in [4.69, 9.17) is 24.5 Å². The molecule has 208 valence electrons. The number of unbranched alkanes of at least 4 members (excludes halogenated alkanes) is 5. The van der Waals surface area contributed by atoms with Gasteiger partial charge in [0.1, 0.15) is 36.2 Å². The summed E-state index contributed by atoms with van der Waals surface area (Å²) in [6, 6.07) is -1.08. The number of esters is 1. The zero-order valence-corrected chi connectivity index (χ0v) is 22.3. The Hall–Kier alpha value is -2.19. The molecule has 2 aromatic heterocycles. The maximum Gasteiger partial charge on any atom is 0.403 e. The number of carbonyl (C=O) groups excluding carboxylic acids is 1. The van der Waals surface area contributed by atoms with Gasteiger partial charge in [0.2, 0.25) is 0 Å². The number of hydrogen-bond donors (Lipinski definition) is 4. The van der Waals surface area contributed by atoms with Gasteiger partial charge < -0.3 is 29.9 Å². The molecular weight excluding hydrogens is 507 g/mol. The van der Waals surface area contributed by atoms with Gasteiger partial charge in [-0.1, -0.05) is 39.0 Å². The fraction of sp³-hybridized carbons (Fsp3) is 0.727. The number of nitrogens with two attached hydrogens (primary N) is 1. The number of aromatic nitrogens is 4. The van der Waals surface area contributed by atoms with Gasteiger partial charge in [0.25, 0.3) is 0 Å². The fourth-order valence-corrected chi connectivity index (χ4v) is 5.10. The Kier molecular flexibility index (Phi) is 10.8. The van der Waals surface area contributed by atoms with Crippen molar-refractivity contribution in [2.75, 3.05) is 26.1 Å². The van der Waals surface area contributed by atoms with Crippen LogP contribution in [0.15, 0.2) is 12.7 Å². The highest BCUT2D eigenvalue weighted by Crippen LogP contribution is 2.40. The minimum atomic E-state index is -4.43. The van der Waals surface area contributed by atoms with Gasteiger partial charge in [0.15, 0.2) is 17.7 Å². The molecule has 0 spiro atoms. The molecule has 4 unspecified atom stereocenters. The number of carbonyl (C=O) groups is 1. The Morgan fingerprint density at radius 1 is 1.27 bits per heavy atom. The van der Waals surface area contributed by atoms with Crippen LogP contribution < -0.4 is 10.8 Å². The molecule has 14 nitrogen and oxygen atoms in total. The molecule has 6 atom stereocenters. The van der Waals surface area contributed by atoms with Crippen LogP contribution in [0.25, 0.3) is 11.2 Å². The molecule has 15 heteroatoms. The average Bonchev–Trinajstić information content (AvgIpc) is 3.43. The van der Waals surface area contributed by atoms with E-state index in [-0.39, 0.29) is 12.4 Å². The number of aliphatic hydroxyl groups is 1. The summed E-state index contributed by atoms with van der Waals surface area (Å²) in [7, 11) is -3.04. The number of aliphatic hydroxyl groups excluding tert-OH is 1. The first-order valence-electron chi connectivity index (χ1n) is 12.4. The van der Waals surface area contributed by atoms with Crippen LogP contribution in [0.2, 0.25) is 0 Å². The molecule has 37 heavy (non-hydrogen) atoms. The Morgan fingerprint density at radius 3 is 2.73 bits per heavy atom. The molecular formula is C22H37N6O8P. The zero-order chi connectivity index (χ0) is 27.0. The van der Waals surface area contributed by atoms with Crippen LogP contribution in [0.1, 0.15) is 58.6 Å². The van der Waals surface area contributed by atoms with Crippen LogP contribution in [-0.2, 0) is 28.1 Å². The molecule has 3 rings (SSSR count). The number of fused-ring (bicyclic) bond motifs is 1. The second kappa shape index (κ2) is 13.6. The van der Waals surface area contributed by atoms with Crippen molar-refractivity contribution in [3.8, 4) is 0 Å². The summed E-state index contributed by atoms with van der Waals surface area (Å²) < 4.78 is 35.7. The van der Waals surface area contributed by atoms with Gasteiger partial charge in [-0.15, -0.1) is 0 Å². The fourth-order valence-electron chi connectivity index (χ4n) is 4.08. The summed E-state index contributed by atoms with van der Waals surface area (Å²) in [5, 5.41) is 13.0. The minimum Gasteiger partial charge on any atom is -0.465 e. The highest BCUT2D eigenvalue weighted by atomic mass is 31.2. The first-order valence-corrected chi connectivity index (χ1v) is 14.0. The molecule has 3 heterocycles. The molecule has 5 N–H and O–H groups in total. The van der Waals surface area contributed by atoms with Crippen LogP contribution in [0.3, 0.4) is 0 Å². The lowest BCUT2D eigenvalue weighted by Gasteiger charge is -2.20. The quantitative estimate of drug-likeness (QED) is 0.144. The van der Waals surface area contributed by atoms with Gasteiger partial charge in [-0.2, -0.15) is 0 Å². The van der Waals surface area contributed by atoms with Gasteiger partial charge >= 0.3 is 13.7 Å². The van der Waals surface area contributed by atoms with Crippen LogP contribution in [-0.4, -0.2) is 80.2 Å². The number of rotatable bonds is 15. The molecule has 0 aromatic carbocycles. The highest BCUT2D eigenvalue weighted by Gasteiger charge is 2.46. The first kappa shape index (κ1) is 29.4. The van der Waals surface area contributed by atoms with E-state index in [1.54, 1.807) is 0 Å². The lowest BCUT2D eigenvalue weighted by atomic mass is 10.1. The van der Waals surface area contributed by atoms with Crippen LogP contribution in [0.4, 0.5) is 5.82 Å². The molecule has 2 aromatic rings. The number of ether oxygens (including phenoxy) is 3. The van der Waals surface area contributed by atoms with Crippen molar-refractivity contribution in [2.24, 2.45) is 0 Å². The third kappa shape index (κ3) is 7.66. The Bertz CT molecular complexity index is 1070. The smallest absolute Gasteiger partial charge is 0.403 e. The van der Waals surface area contributed by atoms with Gasteiger partial charge in [-0.05, 0) is 13.3 Å². The molecule has 0 radical (unpaired) electrons. The van der Waals surface area contributed by atoms with E-state index in [0.29, 0.717) is 11.2 Å². The summed E-state index contributed by atoms with van der Waals surface area (Å²) in [5.74, 6) is -0.473. The van der Waals surface area contributed by atoms with Crippen LogP contribution in [0.5, 0.6) is 0 Å². The monoisotopic (exact) mass is 544 g/mol. The Morgan fingerprint density at radius 2 is 2.00 bits per heavy atom. The van der Waals surface area contributed by atoms with E-state index in [2.05, 4.69) is 27.0 Å². The summed E-state index contributed by atoms with van der Waals surface area (Å²) in [4.78, 5) is 34.6. The topological polar surface area (TPSA) is 193 Å².